The molecule has 0 aromatic heterocycles. The van der Waals surface area contributed by atoms with E-state index < -0.39 is 0 Å². The first-order valence-corrected chi connectivity index (χ1v) is 6.76. The molecule has 17 heavy (non-hydrogen) atoms. The highest BCUT2D eigenvalue weighted by Gasteiger charge is 2.18. The van der Waals surface area contributed by atoms with E-state index in [0.717, 1.165) is 11.5 Å². The molecule has 0 amide bonds. The third-order valence-corrected chi connectivity index (χ3v) is 3.85. The monoisotopic (exact) mass is 248 g/mol. The van der Waals surface area contributed by atoms with Crippen LogP contribution in [0, 0.1) is 5.92 Å². The minimum absolute atomic E-state index is 0.474. The van der Waals surface area contributed by atoms with E-state index in [1.807, 2.05) is 12.1 Å². The predicted molar refractivity (Wildman–Crippen MR) is 77.6 cm³/mol. The molecule has 0 saturated carbocycles. The van der Waals surface area contributed by atoms with Crippen molar-refractivity contribution in [3.8, 4) is 0 Å². The second-order valence-corrected chi connectivity index (χ2v) is 5.21. The first-order valence-electron chi connectivity index (χ1n) is 6.35. The van der Waals surface area contributed by atoms with Gasteiger partial charge in [0.1, 0.15) is 4.99 Å². The standard InChI is InChI=1S/C14H20N2S/c1-2-11-4-3-9-16(10-11)13-7-5-12(6-8-13)14(15)17/h5-8,11H,2-4,9-10H2,1H3,(H2,15,17). The van der Waals surface area contributed by atoms with E-state index >= 15 is 0 Å². The van der Waals surface area contributed by atoms with Crippen LogP contribution in [0.25, 0.3) is 0 Å². The van der Waals surface area contributed by atoms with Gasteiger partial charge in [-0.2, -0.15) is 0 Å². The number of hydrogen-bond acceptors (Lipinski definition) is 2. The molecule has 0 radical (unpaired) electrons. The molecule has 1 aliphatic rings. The summed E-state index contributed by atoms with van der Waals surface area (Å²) >= 11 is 4.96. The molecular weight excluding hydrogens is 228 g/mol. The van der Waals surface area contributed by atoms with Crippen molar-refractivity contribution < 1.29 is 0 Å². The Kier molecular flexibility index (Phi) is 4.00. The third-order valence-electron chi connectivity index (χ3n) is 3.61. The quantitative estimate of drug-likeness (QED) is 0.834. The number of hydrogen-bond donors (Lipinski definition) is 1. The molecule has 0 spiro atoms. The van der Waals surface area contributed by atoms with Gasteiger partial charge in [0, 0.05) is 24.3 Å². The van der Waals surface area contributed by atoms with E-state index in [2.05, 4.69) is 24.0 Å². The zero-order valence-electron chi connectivity index (χ0n) is 10.4. The summed E-state index contributed by atoms with van der Waals surface area (Å²) in [4.78, 5) is 2.95. The molecule has 1 atom stereocenters. The number of nitrogens with zero attached hydrogens (tertiary/aromatic N) is 1. The van der Waals surface area contributed by atoms with Crippen LogP contribution in [-0.4, -0.2) is 18.1 Å². The number of piperidine rings is 1. The largest absolute Gasteiger partial charge is 0.389 e. The van der Waals surface area contributed by atoms with Crippen LogP contribution in [-0.2, 0) is 0 Å². The number of thiocarbonyl (C=S) groups is 1. The molecule has 1 aromatic rings. The number of anilines is 1. The van der Waals surface area contributed by atoms with Gasteiger partial charge in [-0.05, 0) is 43.0 Å². The summed E-state index contributed by atoms with van der Waals surface area (Å²) in [6.45, 7) is 4.63. The lowest BCUT2D eigenvalue weighted by Gasteiger charge is -2.34. The molecule has 2 rings (SSSR count). The maximum atomic E-state index is 5.60. The van der Waals surface area contributed by atoms with Gasteiger partial charge in [-0.15, -0.1) is 0 Å². The van der Waals surface area contributed by atoms with Crippen molar-refractivity contribution in [2.24, 2.45) is 11.7 Å². The van der Waals surface area contributed by atoms with Crippen molar-refractivity contribution in [2.75, 3.05) is 18.0 Å². The Morgan fingerprint density at radius 3 is 2.71 bits per heavy atom. The van der Waals surface area contributed by atoms with E-state index in [1.165, 1.54) is 38.0 Å². The molecule has 1 saturated heterocycles. The van der Waals surface area contributed by atoms with Crippen molar-refractivity contribution in [3.05, 3.63) is 29.8 Å². The second kappa shape index (κ2) is 5.50. The molecule has 1 aromatic carbocycles. The summed E-state index contributed by atoms with van der Waals surface area (Å²) in [7, 11) is 0. The van der Waals surface area contributed by atoms with Crippen molar-refractivity contribution in [3.63, 3.8) is 0 Å². The Balaban J connectivity index is 2.08. The average molecular weight is 248 g/mol. The fraction of sp³-hybridized carbons (Fsp3) is 0.500. The Morgan fingerprint density at radius 1 is 1.41 bits per heavy atom. The number of rotatable bonds is 3. The predicted octanol–water partition coefficient (Wildman–Crippen LogP) is 2.95. The lowest BCUT2D eigenvalue weighted by atomic mass is 9.95. The molecule has 2 nitrogen and oxygen atoms in total. The Hall–Kier alpha value is -1.09. The van der Waals surface area contributed by atoms with Gasteiger partial charge in [0.2, 0.25) is 0 Å². The summed E-state index contributed by atoms with van der Waals surface area (Å²) in [5.74, 6) is 0.846. The maximum Gasteiger partial charge on any atom is 0.103 e. The first-order chi connectivity index (χ1) is 8.20. The molecule has 0 aliphatic carbocycles. The van der Waals surface area contributed by atoms with E-state index in [4.69, 9.17) is 18.0 Å². The number of benzene rings is 1. The molecule has 0 bridgehead atoms. The van der Waals surface area contributed by atoms with E-state index in [0.29, 0.717) is 4.99 Å². The maximum absolute atomic E-state index is 5.60. The van der Waals surface area contributed by atoms with Crippen LogP contribution < -0.4 is 10.6 Å². The Morgan fingerprint density at radius 2 is 2.12 bits per heavy atom. The molecule has 1 unspecified atom stereocenters. The zero-order chi connectivity index (χ0) is 12.3. The third kappa shape index (κ3) is 2.97. The van der Waals surface area contributed by atoms with Crippen molar-refractivity contribution in [2.45, 2.75) is 26.2 Å². The van der Waals surface area contributed by atoms with Gasteiger partial charge in [-0.1, -0.05) is 25.6 Å². The first kappa shape index (κ1) is 12.4. The zero-order valence-corrected chi connectivity index (χ0v) is 11.2. The summed E-state index contributed by atoms with van der Waals surface area (Å²) in [5, 5.41) is 0. The Labute approximate surface area is 109 Å². The highest BCUT2D eigenvalue weighted by atomic mass is 32.1. The van der Waals surface area contributed by atoms with Gasteiger partial charge in [0.25, 0.3) is 0 Å². The summed E-state index contributed by atoms with van der Waals surface area (Å²) in [6, 6.07) is 8.31. The molecule has 1 heterocycles. The van der Waals surface area contributed by atoms with Crippen LogP contribution in [0.2, 0.25) is 0 Å². The van der Waals surface area contributed by atoms with Gasteiger partial charge in [0.15, 0.2) is 0 Å². The minimum atomic E-state index is 0.474. The van der Waals surface area contributed by atoms with Crippen LogP contribution in [0.1, 0.15) is 31.7 Å². The normalized spacial score (nSPS) is 20.3. The van der Waals surface area contributed by atoms with Gasteiger partial charge in [-0.25, -0.2) is 0 Å². The van der Waals surface area contributed by atoms with Crippen LogP contribution in [0.3, 0.4) is 0 Å². The van der Waals surface area contributed by atoms with E-state index in [9.17, 15) is 0 Å². The second-order valence-electron chi connectivity index (χ2n) is 4.77. The summed E-state index contributed by atoms with van der Waals surface area (Å²) in [5.41, 5.74) is 7.85. The summed E-state index contributed by atoms with van der Waals surface area (Å²) < 4.78 is 0. The van der Waals surface area contributed by atoms with Gasteiger partial charge >= 0.3 is 0 Å². The average Bonchev–Trinajstić information content (AvgIpc) is 2.39. The van der Waals surface area contributed by atoms with Crippen molar-refractivity contribution >= 4 is 22.9 Å². The van der Waals surface area contributed by atoms with Crippen LogP contribution in [0.5, 0.6) is 0 Å². The molecular formula is C14H20N2S. The minimum Gasteiger partial charge on any atom is -0.389 e. The fourth-order valence-electron chi connectivity index (χ4n) is 2.47. The van der Waals surface area contributed by atoms with Crippen LogP contribution in [0.15, 0.2) is 24.3 Å². The van der Waals surface area contributed by atoms with E-state index in [-0.39, 0.29) is 0 Å². The van der Waals surface area contributed by atoms with Gasteiger partial charge < -0.3 is 10.6 Å². The highest BCUT2D eigenvalue weighted by molar-refractivity contribution is 7.80. The summed E-state index contributed by atoms with van der Waals surface area (Å²) in [6.07, 6.45) is 3.95. The molecule has 3 heteroatoms. The van der Waals surface area contributed by atoms with Crippen molar-refractivity contribution in [1.82, 2.24) is 0 Å². The fourth-order valence-corrected chi connectivity index (χ4v) is 2.61. The Bertz CT molecular complexity index is 386. The van der Waals surface area contributed by atoms with Crippen LogP contribution >= 0.6 is 12.2 Å². The lowest BCUT2D eigenvalue weighted by Crippen LogP contribution is -2.35. The number of nitrogens with two attached hydrogens (primary N) is 1. The van der Waals surface area contributed by atoms with Crippen molar-refractivity contribution in [1.29, 1.82) is 0 Å². The SMILES string of the molecule is CCC1CCCN(c2ccc(C(N)=S)cc2)C1. The van der Waals surface area contributed by atoms with Crippen LogP contribution in [0.4, 0.5) is 5.69 Å². The molecule has 1 fully saturated rings. The molecule has 2 N–H and O–H groups in total. The molecule has 1 aliphatic heterocycles. The smallest absolute Gasteiger partial charge is 0.103 e. The van der Waals surface area contributed by atoms with E-state index in [1.54, 1.807) is 0 Å². The highest BCUT2D eigenvalue weighted by Crippen LogP contribution is 2.24. The lowest BCUT2D eigenvalue weighted by molar-refractivity contribution is 0.405. The topological polar surface area (TPSA) is 29.3 Å². The van der Waals surface area contributed by atoms with Gasteiger partial charge in [0.05, 0.1) is 0 Å². The molecule has 92 valence electrons. The van der Waals surface area contributed by atoms with Gasteiger partial charge in [-0.3, -0.25) is 0 Å².